The van der Waals surface area contributed by atoms with E-state index >= 15 is 0 Å². The fourth-order valence-corrected chi connectivity index (χ4v) is 3.45. The van der Waals surface area contributed by atoms with Crippen LogP contribution >= 0.6 is 0 Å². The van der Waals surface area contributed by atoms with Crippen LogP contribution in [0.2, 0.25) is 0 Å². The first-order valence-corrected chi connectivity index (χ1v) is 13.0. The summed E-state index contributed by atoms with van der Waals surface area (Å²) in [5.74, 6) is 0.781. The Balaban J connectivity index is 0.000000654. The van der Waals surface area contributed by atoms with E-state index in [1.807, 2.05) is 19.9 Å². The number of aryl methyl sites for hydroxylation is 2. The van der Waals surface area contributed by atoms with Crippen molar-refractivity contribution in [3.63, 3.8) is 0 Å². The lowest BCUT2D eigenvalue weighted by Gasteiger charge is -2.08. The molecule has 0 saturated carbocycles. The van der Waals surface area contributed by atoms with E-state index in [0.29, 0.717) is 17.0 Å². The first-order valence-electron chi connectivity index (χ1n) is 13.0. The van der Waals surface area contributed by atoms with Gasteiger partial charge < -0.3 is 21.0 Å². The molecular formula is C27H45FN10O3. The van der Waals surface area contributed by atoms with Crippen LogP contribution in [0.1, 0.15) is 72.2 Å². The Kier molecular flexibility index (Phi) is 16.2. The molecule has 0 aromatic carbocycles. The number of aromatic amines is 3. The third-order valence-electron chi connectivity index (χ3n) is 5.20. The normalized spacial score (nSPS) is 9.83. The first-order chi connectivity index (χ1) is 18.6. The van der Waals surface area contributed by atoms with Crippen LogP contribution in [0.5, 0.6) is 0 Å². The number of amides is 2. The van der Waals surface area contributed by atoms with Gasteiger partial charge in [0.1, 0.15) is 11.0 Å². The number of nitrogens with zero attached hydrogens (tertiary/aromatic N) is 3. The second kappa shape index (κ2) is 18.1. The van der Waals surface area contributed by atoms with Crippen LogP contribution in [0, 0.1) is 13.8 Å². The van der Waals surface area contributed by atoms with Gasteiger partial charge in [0.2, 0.25) is 23.7 Å². The molecule has 4 aromatic rings. The molecule has 0 spiro atoms. The molecule has 0 fully saturated rings. The number of anilines is 3. The lowest BCUT2D eigenvalue weighted by Crippen LogP contribution is -2.15. The van der Waals surface area contributed by atoms with Crippen molar-refractivity contribution in [2.24, 2.45) is 5.73 Å². The third-order valence-corrected chi connectivity index (χ3v) is 5.20. The maximum absolute atomic E-state index is 11.5. The molecule has 8 N–H and O–H groups in total. The predicted molar refractivity (Wildman–Crippen MR) is 165 cm³/mol. The van der Waals surface area contributed by atoms with Gasteiger partial charge in [0.25, 0.3) is 5.56 Å². The van der Waals surface area contributed by atoms with Crippen molar-refractivity contribution in [1.29, 1.82) is 0 Å². The summed E-state index contributed by atoms with van der Waals surface area (Å²) in [5.41, 5.74) is 9.35. The molecule has 0 unspecified atom stereocenters. The minimum atomic E-state index is -0.295. The van der Waals surface area contributed by atoms with Crippen LogP contribution in [0.4, 0.5) is 22.4 Å². The molecule has 0 radical (unpaired) electrons. The molecular weight excluding hydrogens is 531 g/mol. The molecule has 0 atom stereocenters. The smallest absolute Gasteiger partial charge is 0.276 e. The van der Waals surface area contributed by atoms with Crippen LogP contribution in [-0.4, -0.2) is 54.8 Å². The highest BCUT2D eigenvalue weighted by Crippen LogP contribution is 2.22. The van der Waals surface area contributed by atoms with Gasteiger partial charge in [0.15, 0.2) is 5.82 Å². The maximum atomic E-state index is 11.5. The second-order valence-corrected chi connectivity index (χ2v) is 9.02. The highest BCUT2D eigenvalue weighted by Gasteiger charge is 2.11. The van der Waals surface area contributed by atoms with E-state index in [9.17, 15) is 14.4 Å². The van der Waals surface area contributed by atoms with Crippen molar-refractivity contribution in [1.82, 2.24) is 29.9 Å². The number of nitrogens with one attached hydrogen (secondary N) is 6. The summed E-state index contributed by atoms with van der Waals surface area (Å²) in [6, 6.07) is 3.68. The highest BCUT2D eigenvalue weighted by atomic mass is 19.0. The van der Waals surface area contributed by atoms with Gasteiger partial charge in [-0.3, -0.25) is 34.7 Å². The maximum Gasteiger partial charge on any atom is 0.276 e. The van der Waals surface area contributed by atoms with Gasteiger partial charge in [-0.25, -0.2) is 9.97 Å². The molecule has 0 bridgehead atoms. The van der Waals surface area contributed by atoms with E-state index in [1.54, 1.807) is 6.07 Å². The Morgan fingerprint density at radius 1 is 0.854 bits per heavy atom. The second-order valence-electron chi connectivity index (χ2n) is 9.02. The number of rotatable bonds is 8. The SMILES string of the molecule is C.CC(=O)Nc1nc2cc(C)[nH]c2c(=O)[nH]1.CCCCN.CCCCNc1nc(NC(C)=O)nc2cc(C)[nH]c12.F. The van der Waals surface area contributed by atoms with Gasteiger partial charge in [-0.15, -0.1) is 0 Å². The van der Waals surface area contributed by atoms with E-state index in [0.717, 1.165) is 54.2 Å². The van der Waals surface area contributed by atoms with Crippen LogP contribution in [0.25, 0.3) is 22.1 Å². The Morgan fingerprint density at radius 3 is 1.93 bits per heavy atom. The molecule has 0 saturated heterocycles. The molecule has 14 heteroatoms. The predicted octanol–water partition coefficient (Wildman–Crippen LogP) is 4.49. The van der Waals surface area contributed by atoms with E-state index in [-0.39, 0.29) is 35.5 Å². The summed E-state index contributed by atoms with van der Waals surface area (Å²) >= 11 is 0. The van der Waals surface area contributed by atoms with Crippen molar-refractivity contribution in [2.75, 3.05) is 29.0 Å². The minimum Gasteiger partial charge on any atom is -0.368 e. The van der Waals surface area contributed by atoms with Crippen molar-refractivity contribution in [3.8, 4) is 0 Å². The molecule has 228 valence electrons. The van der Waals surface area contributed by atoms with Gasteiger partial charge in [0, 0.05) is 31.8 Å². The number of carbonyl (C=O) groups is 2. The van der Waals surface area contributed by atoms with E-state index in [2.05, 4.69) is 59.7 Å². The zero-order valence-corrected chi connectivity index (χ0v) is 23.9. The Bertz CT molecular complexity index is 1440. The van der Waals surface area contributed by atoms with E-state index in [4.69, 9.17) is 5.73 Å². The van der Waals surface area contributed by atoms with Crippen molar-refractivity contribution < 1.29 is 14.3 Å². The third kappa shape index (κ3) is 11.7. The summed E-state index contributed by atoms with van der Waals surface area (Å²) in [7, 11) is 0. The van der Waals surface area contributed by atoms with Crippen LogP contribution in [0.3, 0.4) is 0 Å². The molecule has 41 heavy (non-hydrogen) atoms. The van der Waals surface area contributed by atoms with Gasteiger partial charge in [-0.05, 0) is 45.4 Å². The van der Waals surface area contributed by atoms with Gasteiger partial charge in [0.05, 0.1) is 11.0 Å². The van der Waals surface area contributed by atoms with Gasteiger partial charge in [-0.1, -0.05) is 34.1 Å². The van der Waals surface area contributed by atoms with Crippen LogP contribution < -0.4 is 27.2 Å². The van der Waals surface area contributed by atoms with Crippen LogP contribution in [0.15, 0.2) is 16.9 Å². The van der Waals surface area contributed by atoms with Crippen molar-refractivity contribution >= 4 is 51.6 Å². The molecule has 4 heterocycles. The quantitative estimate of drug-likeness (QED) is 0.149. The number of unbranched alkanes of at least 4 members (excludes halogenated alkanes) is 2. The fourth-order valence-electron chi connectivity index (χ4n) is 3.45. The minimum absolute atomic E-state index is 0. The Labute approximate surface area is 239 Å². The number of carbonyl (C=O) groups excluding carboxylic acids is 2. The van der Waals surface area contributed by atoms with Crippen LogP contribution in [-0.2, 0) is 9.59 Å². The molecule has 4 aromatic heterocycles. The topological polar surface area (TPSA) is 199 Å². The number of halogens is 1. The number of hydrogen-bond donors (Lipinski definition) is 7. The van der Waals surface area contributed by atoms with Crippen molar-refractivity contribution in [3.05, 3.63) is 33.9 Å². The Hall–Kier alpha value is -4.33. The average Bonchev–Trinajstić information content (AvgIpc) is 3.41. The summed E-state index contributed by atoms with van der Waals surface area (Å²) in [6.45, 7) is 12.6. The lowest BCUT2D eigenvalue weighted by molar-refractivity contribution is -0.115. The van der Waals surface area contributed by atoms with E-state index < -0.39 is 0 Å². The molecule has 0 aliphatic rings. The average molecular weight is 577 g/mol. The number of aromatic nitrogens is 6. The van der Waals surface area contributed by atoms with Gasteiger partial charge >= 0.3 is 0 Å². The number of H-pyrrole nitrogens is 3. The number of fused-ring (bicyclic) bond motifs is 2. The fraction of sp³-hybridized carbons (Fsp3) is 0.481. The molecule has 0 aliphatic carbocycles. The standard InChI is InChI=1S/C13H19N5O.C9H10N4O2.C4H11N.CH4.FH/c1-4-5-6-14-12-11-10(7-8(2)15-11)17-13(18-12)16-9(3)19;1-4-3-6-7(10-4)8(15)13-9(12-6)11-5(2)14;1-2-3-4-5;;/h7,15H,4-6H2,1-3H3,(H2,14,16,17,18,19);3,10H,1-2H3,(H2,11,12,13,14,15);2-5H2,1H3;1H4;1H. The molecule has 4 rings (SSSR count). The monoisotopic (exact) mass is 576 g/mol. The lowest BCUT2D eigenvalue weighted by atomic mass is 10.3. The molecule has 13 nitrogen and oxygen atoms in total. The molecule has 0 aliphatic heterocycles. The largest absolute Gasteiger partial charge is 0.368 e. The first kappa shape index (κ1) is 36.7. The summed E-state index contributed by atoms with van der Waals surface area (Å²) in [4.78, 5) is 54.7. The summed E-state index contributed by atoms with van der Waals surface area (Å²) < 4.78 is 0. The summed E-state index contributed by atoms with van der Waals surface area (Å²) in [5, 5.41) is 8.33. The molecule has 2 amide bonds. The van der Waals surface area contributed by atoms with E-state index in [1.165, 1.54) is 26.7 Å². The van der Waals surface area contributed by atoms with Gasteiger partial charge in [-0.2, -0.15) is 4.98 Å². The zero-order valence-electron chi connectivity index (χ0n) is 23.9. The highest BCUT2D eigenvalue weighted by molar-refractivity contribution is 5.91. The number of nitrogens with two attached hydrogens (primary N) is 1. The Morgan fingerprint density at radius 2 is 1.41 bits per heavy atom. The summed E-state index contributed by atoms with van der Waals surface area (Å²) in [6.07, 6.45) is 4.57. The van der Waals surface area contributed by atoms with Crippen molar-refractivity contribution in [2.45, 2.75) is 74.7 Å². The zero-order chi connectivity index (χ0) is 28.9. The number of hydrogen-bond acceptors (Lipinski definition) is 8.